The number of hydrogen-bond acceptors (Lipinski definition) is 8. The number of benzene rings is 3. The molecule has 0 saturated carbocycles. The molecule has 1 N–H and O–H groups in total. The Morgan fingerprint density at radius 3 is 2.41 bits per heavy atom. The van der Waals surface area contributed by atoms with Crippen LogP contribution in [0.15, 0.2) is 82.6 Å². The topological polar surface area (TPSA) is 119 Å². The molecule has 1 saturated heterocycles. The minimum absolute atomic E-state index is 0.0127. The number of imide groups is 1. The van der Waals surface area contributed by atoms with Crippen LogP contribution in [-0.2, 0) is 19.7 Å². The monoisotopic (exact) mass is 538 g/mol. The Kier molecular flexibility index (Phi) is 7.65. The average molecular weight is 539 g/mol. The van der Waals surface area contributed by atoms with Gasteiger partial charge in [0, 0.05) is 5.69 Å². The second-order valence-electron chi connectivity index (χ2n) is 7.89. The van der Waals surface area contributed by atoms with E-state index >= 15 is 0 Å². The van der Waals surface area contributed by atoms with Crippen molar-refractivity contribution in [2.45, 2.75) is 11.8 Å². The Morgan fingerprint density at radius 2 is 1.70 bits per heavy atom. The molecule has 190 valence electrons. The molecule has 1 aliphatic rings. The van der Waals surface area contributed by atoms with Crippen molar-refractivity contribution in [1.82, 2.24) is 4.90 Å². The van der Waals surface area contributed by atoms with Crippen LogP contribution in [0, 0.1) is 6.92 Å². The van der Waals surface area contributed by atoms with Gasteiger partial charge in [0.2, 0.25) is 5.91 Å². The molecule has 9 nitrogen and oxygen atoms in total. The molecule has 0 aromatic heterocycles. The van der Waals surface area contributed by atoms with Crippen molar-refractivity contribution in [2.24, 2.45) is 0 Å². The fourth-order valence-electron chi connectivity index (χ4n) is 3.43. The molecular weight excluding hydrogens is 516 g/mol. The van der Waals surface area contributed by atoms with E-state index in [2.05, 4.69) is 5.32 Å². The molecule has 1 fully saturated rings. The van der Waals surface area contributed by atoms with Gasteiger partial charge in [-0.2, -0.15) is 8.42 Å². The molecule has 0 radical (unpaired) electrons. The number of nitrogens with zero attached hydrogens (tertiary/aromatic N) is 1. The summed E-state index contributed by atoms with van der Waals surface area (Å²) in [7, 11) is -2.74. The molecule has 0 aliphatic carbocycles. The van der Waals surface area contributed by atoms with Crippen LogP contribution >= 0.6 is 11.8 Å². The summed E-state index contributed by atoms with van der Waals surface area (Å²) in [6.07, 6.45) is 1.46. The maximum Gasteiger partial charge on any atom is 0.339 e. The lowest BCUT2D eigenvalue weighted by molar-refractivity contribution is -0.127. The number of nitrogens with one attached hydrogen (secondary N) is 1. The second kappa shape index (κ2) is 10.9. The lowest BCUT2D eigenvalue weighted by atomic mass is 10.2. The van der Waals surface area contributed by atoms with E-state index in [0.717, 1.165) is 10.5 Å². The van der Waals surface area contributed by atoms with Gasteiger partial charge in [-0.1, -0.05) is 42.5 Å². The number of rotatable bonds is 8. The fraction of sp³-hybridized carbons (Fsp3) is 0.115. The van der Waals surface area contributed by atoms with Crippen molar-refractivity contribution >= 4 is 50.7 Å². The molecule has 3 amide bonds. The maximum absolute atomic E-state index is 12.8. The Hall–Kier alpha value is -4.09. The van der Waals surface area contributed by atoms with Crippen LogP contribution in [-0.4, -0.2) is 44.0 Å². The summed E-state index contributed by atoms with van der Waals surface area (Å²) in [6, 6.07) is 19.2. The van der Waals surface area contributed by atoms with Gasteiger partial charge in [-0.15, -0.1) is 0 Å². The first-order chi connectivity index (χ1) is 17.7. The van der Waals surface area contributed by atoms with Crippen LogP contribution in [0.3, 0.4) is 0 Å². The summed E-state index contributed by atoms with van der Waals surface area (Å²) in [5.74, 6) is -1.03. The summed E-state index contributed by atoms with van der Waals surface area (Å²) >= 11 is 0.704. The van der Waals surface area contributed by atoms with E-state index in [1.807, 2.05) is 19.1 Å². The van der Waals surface area contributed by atoms with Gasteiger partial charge in [0.05, 0.1) is 12.0 Å². The van der Waals surface area contributed by atoms with Crippen LogP contribution in [0.1, 0.15) is 11.1 Å². The summed E-state index contributed by atoms with van der Waals surface area (Å²) < 4.78 is 35.6. The Bertz CT molecular complexity index is 1500. The molecule has 0 spiro atoms. The van der Waals surface area contributed by atoms with Crippen molar-refractivity contribution in [3.8, 4) is 11.5 Å². The summed E-state index contributed by atoms with van der Waals surface area (Å²) in [5.41, 5.74) is 1.91. The quantitative estimate of drug-likeness (QED) is 0.330. The van der Waals surface area contributed by atoms with E-state index in [4.69, 9.17) is 8.92 Å². The van der Waals surface area contributed by atoms with Gasteiger partial charge >= 0.3 is 10.1 Å². The zero-order valence-corrected chi connectivity index (χ0v) is 21.5. The van der Waals surface area contributed by atoms with Gasteiger partial charge in [-0.05, 0) is 66.2 Å². The minimum atomic E-state index is -4.08. The largest absolute Gasteiger partial charge is 0.493 e. The Labute approximate surface area is 218 Å². The number of methoxy groups -OCH3 is 1. The molecule has 11 heteroatoms. The molecule has 0 atom stereocenters. The molecule has 0 unspecified atom stereocenters. The zero-order chi connectivity index (χ0) is 26.6. The number of ether oxygens (including phenoxy) is 1. The fourth-order valence-corrected chi connectivity index (χ4v) is 5.23. The molecule has 3 aromatic rings. The minimum Gasteiger partial charge on any atom is -0.493 e. The van der Waals surface area contributed by atoms with E-state index in [1.54, 1.807) is 30.3 Å². The molecule has 1 heterocycles. The van der Waals surface area contributed by atoms with Gasteiger partial charge in [-0.3, -0.25) is 19.3 Å². The molecule has 4 rings (SSSR count). The second-order valence-corrected chi connectivity index (χ2v) is 10.4. The highest BCUT2D eigenvalue weighted by atomic mass is 32.2. The third kappa shape index (κ3) is 6.01. The summed E-state index contributed by atoms with van der Waals surface area (Å²) in [4.78, 5) is 38.7. The number of carbonyl (C=O) groups is 3. The Morgan fingerprint density at radius 1 is 1.00 bits per heavy atom. The highest BCUT2D eigenvalue weighted by Gasteiger charge is 2.36. The number of aryl methyl sites for hydroxylation is 1. The summed E-state index contributed by atoms with van der Waals surface area (Å²) in [6.45, 7) is 1.41. The van der Waals surface area contributed by atoms with E-state index in [-0.39, 0.29) is 21.3 Å². The number of anilines is 1. The number of thioether (sulfide) groups is 1. The zero-order valence-electron chi connectivity index (χ0n) is 19.8. The van der Waals surface area contributed by atoms with Crippen molar-refractivity contribution in [1.29, 1.82) is 0 Å². The smallest absolute Gasteiger partial charge is 0.339 e. The number of carbonyl (C=O) groups excluding carboxylic acids is 3. The van der Waals surface area contributed by atoms with Crippen molar-refractivity contribution in [3.63, 3.8) is 0 Å². The lowest BCUT2D eigenvalue weighted by Gasteiger charge is -2.13. The van der Waals surface area contributed by atoms with E-state index in [1.165, 1.54) is 43.5 Å². The first kappa shape index (κ1) is 26.0. The standard InChI is InChI=1S/C26H22N2O7S2/c1-17-8-6-7-11-20(17)27-24(29)16-28-25(30)23(36-26(28)31)15-18-12-13-21(22(14-18)34-2)35-37(32,33)19-9-4-3-5-10-19/h3-15H,16H2,1-2H3,(H,27,29)/b23-15-. The SMILES string of the molecule is COc1cc(/C=C2\SC(=O)N(CC(=O)Nc3ccccc3C)C2=O)ccc1OS(=O)(=O)c1ccccc1. The van der Waals surface area contributed by atoms with Crippen LogP contribution in [0.5, 0.6) is 11.5 Å². The van der Waals surface area contributed by atoms with Crippen LogP contribution in [0.25, 0.3) is 6.08 Å². The first-order valence-corrected chi connectivity index (χ1v) is 13.2. The van der Waals surface area contributed by atoms with E-state index in [0.29, 0.717) is 23.0 Å². The average Bonchev–Trinajstić information content (AvgIpc) is 3.14. The van der Waals surface area contributed by atoms with E-state index in [9.17, 15) is 22.8 Å². The van der Waals surface area contributed by atoms with Crippen LogP contribution in [0.2, 0.25) is 0 Å². The third-order valence-electron chi connectivity index (χ3n) is 5.31. The predicted molar refractivity (Wildman–Crippen MR) is 140 cm³/mol. The number of para-hydroxylation sites is 1. The highest BCUT2D eigenvalue weighted by molar-refractivity contribution is 8.18. The van der Waals surface area contributed by atoms with Gasteiger partial charge in [0.25, 0.3) is 11.1 Å². The highest BCUT2D eigenvalue weighted by Crippen LogP contribution is 2.35. The summed E-state index contributed by atoms with van der Waals surface area (Å²) in [5, 5.41) is 2.13. The number of hydrogen-bond donors (Lipinski definition) is 1. The maximum atomic E-state index is 12.8. The van der Waals surface area contributed by atoms with Crippen molar-refractivity contribution in [3.05, 3.63) is 88.8 Å². The van der Waals surface area contributed by atoms with Crippen LogP contribution in [0.4, 0.5) is 10.5 Å². The van der Waals surface area contributed by atoms with Crippen LogP contribution < -0.4 is 14.2 Å². The van der Waals surface area contributed by atoms with Crippen molar-refractivity contribution in [2.75, 3.05) is 19.0 Å². The Balaban J connectivity index is 1.49. The number of amides is 3. The lowest BCUT2D eigenvalue weighted by Crippen LogP contribution is -2.36. The molecule has 1 aliphatic heterocycles. The first-order valence-electron chi connectivity index (χ1n) is 11.0. The predicted octanol–water partition coefficient (Wildman–Crippen LogP) is 4.45. The van der Waals surface area contributed by atoms with Crippen molar-refractivity contribution < 1.29 is 31.7 Å². The molecule has 3 aromatic carbocycles. The van der Waals surface area contributed by atoms with Gasteiger partial charge in [0.1, 0.15) is 11.4 Å². The van der Waals surface area contributed by atoms with Gasteiger partial charge < -0.3 is 14.2 Å². The normalized spacial score (nSPS) is 14.6. The van der Waals surface area contributed by atoms with E-state index < -0.39 is 33.7 Å². The molecule has 37 heavy (non-hydrogen) atoms. The molecule has 0 bridgehead atoms. The third-order valence-corrected chi connectivity index (χ3v) is 7.47. The van der Waals surface area contributed by atoms with Gasteiger partial charge in [-0.25, -0.2) is 0 Å². The van der Waals surface area contributed by atoms with Gasteiger partial charge in [0.15, 0.2) is 11.5 Å². The molecular formula is C26H22N2O7S2.